The van der Waals surface area contributed by atoms with Crippen LogP contribution in [-0.4, -0.2) is 40.9 Å². The van der Waals surface area contributed by atoms with Gasteiger partial charge in [-0.1, -0.05) is 19.1 Å². The maximum absolute atomic E-state index is 14.1. The molecule has 0 amide bonds. The smallest absolute Gasteiger partial charge is 0.388 e. The van der Waals surface area contributed by atoms with E-state index in [1.54, 1.807) is 22.6 Å². The summed E-state index contributed by atoms with van der Waals surface area (Å²) in [6.07, 6.45) is -10.2. The van der Waals surface area contributed by atoms with Crippen molar-refractivity contribution < 1.29 is 62.2 Å². The molecule has 174 valence electrons. The SMILES string of the molecule is CC(C(O)c1cccc(I)c1)C(F)(F)C(F)(F)C(F)(F)C(F)(F)C(F)(F)C(F)(F)F. The van der Waals surface area contributed by atoms with Gasteiger partial charge in [0.15, 0.2) is 0 Å². The monoisotopic (exact) mass is 580 g/mol. The molecule has 15 heteroatoms. The highest BCUT2D eigenvalue weighted by Gasteiger charge is 2.91. The summed E-state index contributed by atoms with van der Waals surface area (Å²) in [5, 5.41) is 9.79. The molecule has 0 aliphatic carbocycles. The fourth-order valence-corrected chi connectivity index (χ4v) is 2.81. The molecule has 1 N–H and O–H groups in total. The second-order valence-corrected chi connectivity index (χ2v) is 7.45. The maximum Gasteiger partial charge on any atom is 0.460 e. The first-order valence-corrected chi connectivity index (χ1v) is 8.54. The summed E-state index contributed by atoms with van der Waals surface area (Å²) in [4.78, 5) is 0. The summed E-state index contributed by atoms with van der Waals surface area (Å²) in [5.74, 6) is -40.7. The van der Waals surface area contributed by atoms with Gasteiger partial charge in [0.2, 0.25) is 0 Å². The zero-order valence-corrected chi connectivity index (χ0v) is 16.4. The number of aliphatic hydroxyl groups excluding tert-OH is 1. The summed E-state index contributed by atoms with van der Waals surface area (Å²) >= 11 is 1.58. The first-order chi connectivity index (χ1) is 13.1. The number of alkyl halides is 13. The zero-order chi connectivity index (χ0) is 24.1. The van der Waals surface area contributed by atoms with Gasteiger partial charge in [-0.25, -0.2) is 0 Å². The molecule has 1 rings (SSSR count). The van der Waals surface area contributed by atoms with E-state index >= 15 is 0 Å². The second kappa shape index (κ2) is 7.85. The fourth-order valence-electron chi connectivity index (χ4n) is 2.25. The molecule has 2 atom stereocenters. The Labute approximate surface area is 173 Å². The molecular formula is C15H10F13IO. The highest BCUT2D eigenvalue weighted by Crippen LogP contribution is 2.61. The van der Waals surface area contributed by atoms with Crippen LogP contribution in [0, 0.1) is 9.49 Å². The van der Waals surface area contributed by atoms with E-state index in [4.69, 9.17) is 0 Å². The summed E-state index contributed by atoms with van der Waals surface area (Å²) < 4.78 is 171. The molecule has 0 bridgehead atoms. The van der Waals surface area contributed by atoms with Crippen molar-refractivity contribution in [2.24, 2.45) is 5.92 Å². The van der Waals surface area contributed by atoms with Crippen molar-refractivity contribution in [2.75, 3.05) is 0 Å². The van der Waals surface area contributed by atoms with Crippen LogP contribution in [0.2, 0.25) is 0 Å². The summed E-state index contributed by atoms with van der Waals surface area (Å²) in [6.45, 7) is 0.00850. The maximum atomic E-state index is 14.1. The van der Waals surface area contributed by atoms with Crippen LogP contribution in [0.25, 0.3) is 0 Å². The van der Waals surface area contributed by atoms with Crippen LogP contribution in [-0.2, 0) is 0 Å². The average Bonchev–Trinajstić information content (AvgIpc) is 2.58. The third-order valence-electron chi connectivity index (χ3n) is 4.19. The number of aliphatic hydroxyl groups is 1. The van der Waals surface area contributed by atoms with Gasteiger partial charge in [-0.15, -0.1) is 0 Å². The minimum Gasteiger partial charge on any atom is -0.388 e. The molecule has 0 fully saturated rings. The molecule has 0 aliphatic heterocycles. The third-order valence-corrected chi connectivity index (χ3v) is 4.86. The summed E-state index contributed by atoms with van der Waals surface area (Å²) in [7, 11) is 0. The van der Waals surface area contributed by atoms with Crippen molar-refractivity contribution >= 4 is 22.6 Å². The van der Waals surface area contributed by atoms with Crippen LogP contribution in [0.15, 0.2) is 24.3 Å². The van der Waals surface area contributed by atoms with Crippen molar-refractivity contribution in [1.82, 2.24) is 0 Å². The molecule has 0 heterocycles. The van der Waals surface area contributed by atoms with Gasteiger partial charge in [-0.3, -0.25) is 0 Å². The molecule has 0 aromatic heterocycles. The van der Waals surface area contributed by atoms with Crippen LogP contribution in [0.1, 0.15) is 18.6 Å². The molecule has 1 aromatic carbocycles. The lowest BCUT2D eigenvalue weighted by Crippen LogP contribution is -2.71. The Kier molecular flexibility index (Phi) is 7.07. The summed E-state index contributed by atoms with van der Waals surface area (Å²) in [6, 6.07) is 4.26. The first-order valence-electron chi connectivity index (χ1n) is 7.46. The molecule has 0 aliphatic rings. The van der Waals surface area contributed by atoms with Crippen molar-refractivity contribution in [3.05, 3.63) is 33.4 Å². The lowest BCUT2D eigenvalue weighted by atomic mass is 9.84. The standard InChI is InChI=1S/C15H10F13IO/c1-6(9(30)7-3-2-4-8(29)5-7)10(16,17)11(18,19)12(20,21)13(22,23)14(24,25)15(26,27)28/h2-6,9,30H,1H3. The van der Waals surface area contributed by atoms with Crippen molar-refractivity contribution in [2.45, 2.75) is 48.8 Å². The fraction of sp³-hybridized carbons (Fsp3) is 0.600. The highest BCUT2D eigenvalue weighted by molar-refractivity contribution is 14.1. The second-order valence-electron chi connectivity index (χ2n) is 6.21. The Hall–Kier alpha value is -1.00. The van der Waals surface area contributed by atoms with E-state index in [-0.39, 0.29) is 10.5 Å². The van der Waals surface area contributed by atoms with E-state index in [0.29, 0.717) is 0 Å². The van der Waals surface area contributed by atoms with Crippen LogP contribution in [0.3, 0.4) is 0 Å². The van der Waals surface area contributed by atoms with Crippen LogP contribution >= 0.6 is 22.6 Å². The number of benzene rings is 1. The Morgan fingerprint density at radius 1 is 0.733 bits per heavy atom. The van der Waals surface area contributed by atoms with E-state index in [0.717, 1.165) is 18.2 Å². The predicted molar refractivity (Wildman–Crippen MR) is 84.1 cm³/mol. The number of halogens is 14. The minimum atomic E-state index is -7.96. The average molecular weight is 580 g/mol. The lowest BCUT2D eigenvalue weighted by Gasteiger charge is -2.42. The van der Waals surface area contributed by atoms with Gasteiger partial charge in [-0.05, 0) is 40.3 Å². The Bertz CT molecular complexity index is 759. The van der Waals surface area contributed by atoms with Crippen molar-refractivity contribution in [3.63, 3.8) is 0 Å². The quantitative estimate of drug-likeness (QED) is 0.282. The topological polar surface area (TPSA) is 20.2 Å². The van der Waals surface area contributed by atoms with Gasteiger partial charge in [0.1, 0.15) is 0 Å². The van der Waals surface area contributed by atoms with E-state index in [9.17, 15) is 62.2 Å². The summed E-state index contributed by atoms with van der Waals surface area (Å²) in [5.41, 5.74) is -0.555. The molecule has 1 aromatic rings. The number of hydrogen-bond acceptors (Lipinski definition) is 1. The van der Waals surface area contributed by atoms with Crippen molar-refractivity contribution in [1.29, 1.82) is 0 Å². The first kappa shape index (κ1) is 27.0. The van der Waals surface area contributed by atoms with Gasteiger partial charge < -0.3 is 5.11 Å². The molecule has 0 saturated heterocycles. The van der Waals surface area contributed by atoms with E-state index in [1.807, 2.05) is 0 Å². The molecule has 2 unspecified atom stereocenters. The van der Waals surface area contributed by atoms with Gasteiger partial charge >= 0.3 is 35.8 Å². The van der Waals surface area contributed by atoms with Gasteiger partial charge in [0, 0.05) is 3.57 Å². The van der Waals surface area contributed by atoms with E-state index in [1.165, 1.54) is 6.07 Å². The van der Waals surface area contributed by atoms with Gasteiger partial charge in [0.25, 0.3) is 0 Å². The Morgan fingerprint density at radius 2 is 1.17 bits per heavy atom. The van der Waals surface area contributed by atoms with Crippen molar-refractivity contribution in [3.8, 4) is 0 Å². The molecule has 0 saturated carbocycles. The third kappa shape index (κ3) is 3.95. The van der Waals surface area contributed by atoms with Crippen LogP contribution in [0.5, 0.6) is 0 Å². The Morgan fingerprint density at radius 3 is 1.57 bits per heavy atom. The zero-order valence-electron chi connectivity index (χ0n) is 14.2. The predicted octanol–water partition coefficient (Wildman–Crippen LogP) is 6.70. The molecule has 0 spiro atoms. The minimum absolute atomic E-state index is 0.00850. The van der Waals surface area contributed by atoms with E-state index < -0.39 is 53.4 Å². The lowest BCUT2D eigenvalue weighted by molar-refractivity contribution is -0.444. The Balaban J connectivity index is 3.47. The highest BCUT2D eigenvalue weighted by atomic mass is 127. The van der Waals surface area contributed by atoms with Crippen LogP contribution < -0.4 is 0 Å². The largest absolute Gasteiger partial charge is 0.460 e. The normalized spacial score (nSPS) is 17.1. The molecule has 1 nitrogen and oxygen atoms in total. The molecular weight excluding hydrogens is 570 g/mol. The molecule has 30 heavy (non-hydrogen) atoms. The van der Waals surface area contributed by atoms with Crippen LogP contribution in [0.4, 0.5) is 57.1 Å². The van der Waals surface area contributed by atoms with Gasteiger partial charge in [-0.2, -0.15) is 57.1 Å². The van der Waals surface area contributed by atoms with Gasteiger partial charge in [0.05, 0.1) is 12.0 Å². The number of hydrogen-bond donors (Lipinski definition) is 1. The number of rotatable bonds is 7. The van der Waals surface area contributed by atoms with E-state index in [2.05, 4.69) is 0 Å². The molecule has 0 radical (unpaired) electrons.